The number of aliphatic imine (C=N–C) groups is 1. The molecule has 3 rings (SSSR count). The van der Waals surface area contributed by atoms with E-state index in [-0.39, 0.29) is 10.8 Å². The Bertz CT molecular complexity index is 1060. The van der Waals surface area contributed by atoms with Crippen LogP contribution in [-0.2, 0) is 15.4 Å². The minimum atomic E-state index is -3.37. The van der Waals surface area contributed by atoms with Crippen molar-refractivity contribution in [1.82, 2.24) is 4.67 Å². The zero-order chi connectivity index (χ0) is 23.4. The molecule has 0 amide bonds. The number of rotatable bonds is 3. The van der Waals surface area contributed by atoms with Crippen LogP contribution in [0.5, 0.6) is 5.75 Å². The molecule has 0 fully saturated rings. The first-order valence-electron chi connectivity index (χ1n) is 10.7. The molecule has 2 aromatic carbocycles. The molecule has 0 aromatic heterocycles. The molecule has 1 aliphatic rings. The van der Waals surface area contributed by atoms with Crippen LogP contribution in [0.25, 0.3) is 0 Å². The molecule has 0 saturated carbocycles. The molecule has 0 aliphatic carbocycles. The summed E-state index contributed by atoms with van der Waals surface area (Å²) < 4.78 is 22.2. The van der Waals surface area contributed by atoms with E-state index >= 15 is 0 Å². The molecule has 5 nitrogen and oxygen atoms in total. The van der Waals surface area contributed by atoms with Crippen LogP contribution in [0, 0.1) is 0 Å². The summed E-state index contributed by atoms with van der Waals surface area (Å²) in [6.07, 6.45) is 0. The number of hydrogen-bond acceptors (Lipinski definition) is 4. The summed E-state index contributed by atoms with van der Waals surface area (Å²) in [5, 5.41) is 0. The minimum Gasteiger partial charge on any atom is -0.426 e. The normalized spacial score (nSPS) is 19.0. The summed E-state index contributed by atoms with van der Waals surface area (Å²) in [6, 6.07) is 12.2. The van der Waals surface area contributed by atoms with Gasteiger partial charge < -0.3 is 9.42 Å². The monoisotopic (exact) mass is 441 g/mol. The van der Waals surface area contributed by atoms with Crippen molar-refractivity contribution in [3.8, 4) is 5.75 Å². The first kappa shape index (κ1) is 23.6. The van der Waals surface area contributed by atoms with Gasteiger partial charge in [0.2, 0.25) is 0 Å². The van der Waals surface area contributed by atoms with Gasteiger partial charge >= 0.3 is 7.52 Å². The Hall–Kier alpha value is -2.10. The molecule has 1 unspecified atom stereocenters. The van der Waals surface area contributed by atoms with Crippen LogP contribution >= 0.6 is 7.52 Å². The molecular formula is C25H36N3O2P. The second-order valence-corrected chi connectivity index (χ2v) is 13.2. The second-order valence-electron chi connectivity index (χ2n) is 10.7. The van der Waals surface area contributed by atoms with Crippen molar-refractivity contribution < 1.29 is 9.09 Å². The Morgan fingerprint density at radius 2 is 1.45 bits per heavy atom. The van der Waals surface area contributed by atoms with E-state index in [0.717, 1.165) is 22.5 Å². The van der Waals surface area contributed by atoms with Crippen molar-refractivity contribution in [3.63, 3.8) is 0 Å². The average molecular weight is 442 g/mol. The van der Waals surface area contributed by atoms with Gasteiger partial charge in [0.1, 0.15) is 5.69 Å². The lowest BCUT2D eigenvalue weighted by atomic mass is 9.80. The van der Waals surface area contributed by atoms with Crippen molar-refractivity contribution >= 4 is 24.3 Å². The number of hydrogen-bond donors (Lipinski definition) is 0. The van der Waals surface area contributed by atoms with Gasteiger partial charge in [-0.15, -0.1) is 0 Å². The Morgan fingerprint density at radius 3 is 1.90 bits per heavy atom. The third-order valence-corrected chi connectivity index (χ3v) is 8.00. The standard InChI is InChI=1S/C25H36N3O2P/c1-24(2,3)18-15-20(25(4,5)6)22-21(16-18)26-23(31(29,30-22)28(9)10)17-11-13-19(14-12-17)27(7)8/h11-16H,1-10H3. The Balaban J connectivity index is 2.30. The molecule has 6 heteroatoms. The van der Waals surface area contributed by atoms with Crippen LogP contribution < -0.4 is 9.42 Å². The minimum absolute atomic E-state index is 0.0409. The van der Waals surface area contributed by atoms with E-state index in [0.29, 0.717) is 11.2 Å². The van der Waals surface area contributed by atoms with Gasteiger partial charge in [-0.05, 0) is 48.7 Å². The predicted octanol–water partition coefficient (Wildman–Crippen LogP) is 6.57. The number of nitrogens with zero attached hydrogens (tertiary/aromatic N) is 3. The van der Waals surface area contributed by atoms with Gasteiger partial charge in [-0.25, -0.2) is 9.66 Å². The molecule has 2 aromatic rings. The first-order valence-corrected chi connectivity index (χ1v) is 12.3. The van der Waals surface area contributed by atoms with E-state index < -0.39 is 7.52 Å². The topological polar surface area (TPSA) is 45.1 Å². The highest BCUT2D eigenvalue weighted by molar-refractivity contribution is 7.75. The number of benzene rings is 2. The fraction of sp³-hybridized carbons (Fsp3) is 0.480. The van der Waals surface area contributed by atoms with Crippen LogP contribution in [0.1, 0.15) is 58.2 Å². The number of fused-ring (bicyclic) bond motifs is 1. The van der Waals surface area contributed by atoms with Crippen LogP contribution in [0.3, 0.4) is 0 Å². The lowest BCUT2D eigenvalue weighted by Crippen LogP contribution is -2.25. The fourth-order valence-corrected chi connectivity index (χ4v) is 5.31. The fourth-order valence-electron chi connectivity index (χ4n) is 3.53. The smallest absolute Gasteiger partial charge is 0.367 e. The summed E-state index contributed by atoms with van der Waals surface area (Å²) in [5.41, 5.74) is 5.12. The van der Waals surface area contributed by atoms with Crippen LogP contribution in [0.4, 0.5) is 11.4 Å². The summed E-state index contributed by atoms with van der Waals surface area (Å²) >= 11 is 0. The third-order valence-electron chi connectivity index (χ3n) is 5.62. The Morgan fingerprint density at radius 1 is 0.871 bits per heavy atom. The molecule has 168 valence electrons. The van der Waals surface area contributed by atoms with E-state index in [1.165, 1.54) is 5.56 Å². The molecule has 0 bridgehead atoms. The van der Waals surface area contributed by atoms with Gasteiger partial charge in [0.25, 0.3) is 0 Å². The largest absolute Gasteiger partial charge is 0.426 e. The van der Waals surface area contributed by atoms with Crippen molar-refractivity contribution in [1.29, 1.82) is 0 Å². The predicted molar refractivity (Wildman–Crippen MR) is 133 cm³/mol. The Labute approximate surface area is 187 Å². The average Bonchev–Trinajstić information content (AvgIpc) is 2.65. The molecule has 0 spiro atoms. The second kappa shape index (κ2) is 7.79. The Kier molecular flexibility index (Phi) is 5.92. The van der Waals surface area contributed by atoms with Gasteiger partial charge in [0, 0.05) is 30.9 Å². The molecule has 1 atom stereocenters. The van der Waals surface area contributed by atoms with Gasteiger partial charge in [-0.2, -0.15) is 0 Å². The summed E-state index contributed by atoms with van der Waals surface area (Å²) in [7, 11) is 4.20. The summed E-state index contributed by atoms with van der Waals surface area (Å²) in [4.78, 5) is 7.02. The van der Waals surface area contributed by atoms with Crippen LogP contribution in [0.15, 0.2) is 41.4 Å². The molecule has 31 heavy (non-hydrogen) atoms. The van der Waals surface area contributed by atoms with Crippen molar-refractivity contribution in [2.75, 3.05) is 33.1 Å². The van der Waals surface area contributed by atoms with Crippen molar-refractivity contribution in [3.05, 3.63) is 53.1 Å². The summed E-state index contributed by atoms with van der Waals surface area (Å²) in [5.74, 6) is 0.631. The highest BCUT2D eigenvalue weighted by Gasteiger charge is 2.42. The third kappa shape index (κ3) is 4.44. The van der Waals surface area contributed by atoms with Crippen LogP contribution in [-0.4, -0.2) is 38.3 Å². The van der Waals surface area contributed by atoms with Crippen molar-refractivity contribution in [2.24, 2.45) is 4.99 Å². The highest BCUT2D eigenvalue weighted by Crippen LogP contribution is 2.60. The molecular weight excluding hydrogens is 405 g/mol. The van der Waals surface area contributed by atoms with E-state index in [9.17, 15) is 4.57 Å². The quantitative estimate of drug-likeness (QED) is 0.505. The van der Waals surface area contributed by atoms with Crippen LogP contribution in [0.2, 0.25) is 0 Å². The van der Waals surface area contributed by atoms with E-state index in [1.807, 2.05) is 43.3 Å². The molecule has 0 saturated heterocycles. The molecule has 0 radical (unpaired) electrons. The first-order chi connectivity index (χ1) is 14.1. The summed E-state index contributed by atoms with van der Waals surface area (Å²) in [6.45, 7) is 13.0. The lowest BCUT2D eigenvalue weighted by molar-refractivity contribution is 0.421. The lowest BCUT2D eigenvalue weighted by Gasteiger charge is -2.35. The van der Waals surface area contributed by atoms with E-state index in [1.54, 1.807) is 18.8 Å². The molecule has 1 heterocycles. The maximum Gasteiger partial charge on any atom is 0.367 e. The van der Waals surface area contributed by atoms with Gasteiger partial charge in [-0.3, -0.25) is 4.57 Å². The van der Waals surface area contributed by atoms with Gasteiger partial charge in [-0.1, -0.05) is 59.7 Å². The van der Waals surface area contributed by atoms with Crippen molar-refractivity contribution in [2.45, 2.75) is 52.4 Å². The SMILES string of the molecule is CN(C)c1ccc(C2=Nc3cc(C(C)(C)C)cc(C(C)(C)C)c3OP2(=O)N(C)C)cc1. The van der Waals surface area contributed by atoms with Gasteiger partial charge in [0.15, 0.2) is 11.2 Å². The highest BCUT2D eigenvalue weighted by atomic mass is 31.2. The van der Waals surface area contributed by atoms with E-state index in [2.05, 4.69) is 53.7 Å². The van der Waals surface area contributed by atoms with E-state index in [4.69, 9.17) is 9.52 Å². The maximum atomic E-state index is 14.2. The zero-order valence-electron chi connectivity index (χ0n) is 20.6. The molecule has 1 aliphatic heterocycles. The number of anilines is 1. The molecule has 0 N–H and O–H groups in total. The maximum absolute atomic E-state index is 14.2. The van der Waals surface area contributed by atoms with Gasteiger partial charge in [0.05, 0.1) is 0 Å². The zero-order valence-corrected chi connectivity index (χ0v) is 21.5.